The van der Waals surface area contributed by atoms with Crippen LogP contribution in [0.15, 0.2) is 23.0 Å². The number of imidazole rings is 1. The third-order valence-corrected chi connectivity index (χ3v) is 3.01. The number of aromatic nitrogens is 2. The topological polar surface area (TPSA) is 53.0 Å². The molecule has 0 saturated heterocycles. The number of hydrogen-bond donors (Lipinski definition) is 1. The molecule has 2 rings (SSSR count). The summed E-state index contributed by atoms with van der Waals surface area (Å²) in [6.07, 6.45) is 0.768. The van der Waals surface area contributed by atoms with Crippen molar-refractivity contribution in [3.8, 4) is 0 Å². The summed E-state index contributed by atoms with van der Waals surface area (Å²) < 4.78 is 3.29. The van der Waals surface area contributed by atoms with E-state index in [1.807, 2.05) is 12.1 Å². The molecule has 0 atom stereocenters. The number of nitrogens with zero attached hydrogens (tertiary/aromatic N) is 2. The van der Waals surface area contributed by atoms with Gasteiger partial charge in [0, 0.05) is 13.6 Å². The van der Waals surface area contributed by atoms with Gasteiger partial charge in [0.15, 0.2) is 0 Å². The molecule has 0 unspecified atom stereocenters. The van der Waals surface area contributed by atoms with Gasteiger partial charge < -0.3 is 5.73 Å². The zero-order valence-corrected chi connectivity index (χ0v) is 9.87. The predicted molar refractivity (Wildman–Crippen MR) is 65.9 cm³/mol. The summed E-state index contributed by atoms with van der Waals surface area (Å²) in [7, 11) is 1.75. The summed E-state index contributed by atoms with van der Waals surface area (Å²) in [5.74, 6) is 0. The first kappa shape index (κ1) is 11.2. The molecule has 1 heterocycles. The van der Waals surface area contributed by atoms with E-state index in [9.17, 15) is 4.79 Å². The lowest BCUT2D eigenvalue weighted by atomic mass is 10.3. The fraction of sp³-hybridized carbons (Fsp3) is 0.364. The van der Waals surface area contributed by atoms with Crippen molar-refractivity contribution in [3.05, 3.63) is 33.7 Å². The number of hydrogen-bond acceptors (Lipinski definition) is 2. The molecule has 0 aliphatic rings. The van der Waals surface area contributed by atoms with Crippen LogP contribution in [0.1, 0.15) is 6.42 Å². The van der Waals surface area contributed by atoms with Crippen molar-refractivity contribution in [2.24, 2.45) is 12.8 Å². The summed E-state index contributed by atoms with van der Waals surface area (Å²) >= 11 is 6.12. The molecule has 1 aromatic heterocycles. The van der Waals surface area contributed by atoms with Gasteiger partial charge >= 0.3 is 5.69 Å². The average Bonchev–Trinajstić information content (AvgIpc) is 2.52. The molecule has 0 aliphatic heterocycles. The van der Waals surface area contributed by atoms with Crippen molar-refractivity contribution in [3.63, 3.8) is 0 Å². The number of halogens is 1. The molecule has 0 radical (unpaired) electrons. The fourth-order valence-electron chi connectivity index (χ4n) is 1.88. The highest BCUT2D eigenvalue weighted by atomic mass is 35.5. The highest BCUT2D eigenvalue weighted by molar-refractivity contribution is 6.35. The first-order chi connectivity index (χ1) is 7.66. The Morgan fingerprint density at radius 2 is 2.19 bits per heavy atom. The first-order valence-electron chi connectivity index (χ1n) is 5.20. The molecule has 16 heavy (non-hydrogen) atoms. The van der Waals surface area contributed by atoms with Crippen molar-refractivity contribution in [2.45, 2.75) is 13.0 Å². The Morgan fingerprint density at radius 3 is 2.88 bits per heavy atom. The third-order valence-electron chi connectivity index (χ3n) is 2.70. The van der Waals surface area contributed by atoms with Crippen molar-refractivity contribution in [2.75, 3.05) is 6.54 Å². The summed E-state index contributed by atoms with van der Waals surface area (Å²) in [6.45, 7) is 1.17. The van der Waals surface area contributed by atoms with E-state index in [0.717, 1.165) is 17.5 Å². The van der Waals surface area contributed by atoms with E-state index in [2.05, 4.69) is 0 Å². The maximum absolute atomic E-state index is 12.0. The van der Waals surface area contributed by atoms with Gasteiger partial charge in [-0.3, -0.25) is 9.13 Å². The minimum atomic E-state index is -0.0449. The molecule has 0 saturated carbocycles. The Hall–Kier alpha value is -1.26. The van der Waals surface area contributed by atoms with Gasteiger partial charge in [0.05, 0.1) is 16.1 Å². The SMILES string of the molecule is Cn1c(=O)n(CCCN)c2c(Cl)cccc21. The van der Waals surface area contributed by atoms with Crippen LogP contribution >= 0.6 is 11.6 Å². The standard InChI is InChI=1S/C11H14ClN3O/c1-14-9-5-2-4-8(12)10(9)15(11(14)16)7-3-6-13/h2,4-5H,3,6-7,13H2,1H3. The normalized spacial score (nSPS) is 11.2. The smallest absolute Gasteiger partial charge is 0.328 e. The van der Waals surface area contributed by atoms with Gasteiger partial charge in [0.1, 0.15) is 0 Å². The quantitative estimate of drug-likeness (QED) is 0.879. The van der Waals surface area contributed by atoms with E-state index in [1.165, 1.54) is 0 Å². The monoisotopic (exact) mass is 239 g/mol. The van der Waals surface area contributed by atoms with Crippen LogP contribution in [-0.4, -0.2) is 15.7 Å². The van der Waals surface area contributed by atoms with Crippen LogP contribution in [0, 0.1) is 0 Å². The zero-order chi connectivity index (χ0) is 11.7. The molecule has 2 N–H and O–H groups in total. The number of rotatable bonds is 3. The van der Waals surface area contributed by atoms with E-state index < -0.39 is 0 Å². The molecule has 0 aliphatic carbocycles. The second kappa shape index (κ2) is 4.31. The van der Waals surface area contributed by atoms with Crippen molar-refractivity contribution >= 4 is 22.6 Å². The molecule has 2 aromatic rings. The molecular weight excluding hydrogens is 226 g/mol. The van der Waals surface area contributed by atoms with Crippen molar-refractivity contribution in [1.29, 1.82) is 0 Å². The third kappa shape index (κ3) is 1.64. The van der Waals surface area contributed by atoms with Crippen molar-refractivity contribution in [1.82, 2.24) is 9.13 Å². The molecule has 86 valence electrons. The molecule has 1 aromatic carbocycles. The lowest BCUT2D eigenvalue weighted by Crippen LogP contribution is -2.23. The second-order valence-electron chi connectivity index (χ2n) is 3.74. The Labute approximate surface area is 98.2 Å². The molecular formula is C11H14ClN3O. The summed E-state index contributed by atoms with van der Waals surface area (Å²) in [4.78, 5) is 12.0. The van der Waals surface area contributed by atoms with Crippen LogP contribution in [0.5, 0.6) is 0 Å². The van der Waals surface area contributed by atoms with Gasteiger partial charge in [-0.15, -0.1) is 0 Å². The minimum absolute atomic E-state index is 0.0449. The largest absolute Gasteiger partial charge is 0.330 e. The number of para-hydroxylation sites is 1. The van der Waals surface area contributed by atoms with Crippen LogP contribution in [-0.2, 0) is 13.6 Å². The zero-order valence-electron chi connectivity index (χ0n) is 9.11. The Balaban J connectivity index is 2.71. The van der Waals surface area contributed by atoms with Gasteiger partial charge in [-0.25, -0.2) is 4.79 Å². The summed E-state index contributed by atoms with van der Waals surface area (Å²) in [5, 5.41) is 0.604. The van der Waals surface area contributed by atoms with E-state index in [-0.39, 0.29) is 5.69 Å². The number of nitrogens with two attached hydrogens (primary N) is 1. The number of aryl methyl sites for hydroxylation is 2. The van der Waals surface area contributed by atoms with Crippen LogP contribution < -0.4 is 11.4 Å². The lowest BCUT2D eigenvalue weighted by molar-refractivity contribution is 0.630. The summed E-state index contributed by atoms with van der Waals surface area (Å²) in [6, 6.07) is 5.53. The number of benzene rings is 1. The Bertz CT molecular complexity index is 570. The molecule has 0 bridgehead atoms. The van der Waals surface area contributed by atoms with E-state index in [0.29, 0.717) is 18.1 Å². The lowest BCUT2D eigenvalue weighted by Gasteiger charge is -2.02. The van der Waals surface area contributed by atoms with Gasteiger partial charge in [0.25, 0.3) is 0 Å². The fourth-order valence-corrected chi connectivity index (χ4v) is 2.15. The molecule has 0 spiro atoms. The molecule has 0 amide bonds. The van der Waals surface area contributed by atoms with Gasteiger partial charge in [-0.2, -0.15) is 0 Å². The second-order valence-corrected chi connectivity index (χ2v) is 4.15. The molecule has 5 heteroatoms. The van der Waals surface area contributed by atoms with Gasteiger partial charge in [-0.1, -0.05) is 17.7 Å². The summed E-state index contributed by atoms with van der Waals surface area (Å²) in [5.41, 5.74) is 7.07. The molecule has 0 fully saturated rings. The van der Waals surface area contributed by atoms with Crippen LogP contribution in [0.25, 0.3) is 11.0 Å². The van der Waals surface area contributed by atoms with Crippen LogP contribution in [0.2, 0.25) is 5.02 Å². The van der Waals surface area contributed by atoms with Gasteiger partial charge in [0.2, 0.25) is 0 Å². The van der Waals surface area contributed by atoms with Crippen LogP contribution in [0.3, 0.4) is 0 Å². The van der Waals surface area contributed by atoms with Crippen molar-refractivity contribution < 1.29 is 0 Å². The highest BCUT2D eigenvalue weighted by Crippen LogP contribution is 2.22. The van der Waals surface area contributed by atoms with Crippen LogP contribution in [0.4, 0.5) is 0 Å². The first-order valence-corrected chi connectivity index (χ1v) is 5.58. The van der Waals surface area contributed by atoms with E-state index in [1.54, 1.807) is 22.2 Å². The van der Waals surface area contributed by atoms with E-state index >= 15 is 0 Å². The average molecular weight is 240 g/mol. The highest BCUT2D eigenvalue weighted by Gasteiger charge is 2.12. The predicted octanol–water partition coefficient (Wildman–Crippen LogP) is 1.34. The number of fused-ring (bicyclic) bond motifs is 1. The Morgan fingerprint density at radius 1 is 1.44 bits per heavy atom. The maximum Gasteiger partial charge on any atom is 0.328 e. The maximum atomic E-state index is 12.0. The molecule has 4 nitrogen and oxygen atoms in total. The Kier molecular flexibility index (Phi) is 3.03. The minimum Gasteiger partial charge on any atom is -0.330 e. The van der Waals surface area contributed by atoms with E-state index in [4.69, 9.17) is 17.3 Å². The van der Waals surface area contributed by atoms with Gasteiger partial charge in [-0.05, 0) is 25.1 Å².